The number of carbonyl (C=O) groups is 3. The van der Waals surface area contributed by atoms with Crippen LogP contribution < -0.4 is 10.6 Å². The molecule has 3 rings (SSSR count). The molecule has 2 amide bonds. The van der Waals surface area contributed by atoms with Gasteiger partial charge in [0.15, 0.2) is 5.92 Å². The zero-order chi connectivity index (χ0) is 24.2. The minimum Gasteiger partial charge on any atom is -0.480 e. The second-order valence-corrected chi connectivity index (χ2v) is 7.61. The zero-order valence-corrected chi connectivity index (χ0v) is 17.7. The smallest absolute Gasteiger partial charge is 0.407 e. The molecule has 33 heavy (non-hydrogen) atoms. The number of fused-ring (bicyclic) bond motifs is 3. The summed E-state index contributed by atoms with van der Waals surface area (Å²) in [5.41, 5.74) is 3.89. The van der Waals surface area contributed by atoms with Gasteiger partial charge in [-0.1, -0.05) is 55.5 Å². The van der Waals surface area contributed by atoms with Crippen molar-refractivity contribution < 1.29 is 37.4 Å². The SMILES string of the molecule is CC[C@H](NC(=O)C(CNC(=O)OCC1c2ccccc2-c2ccccc21)C(F)(F)F)C(=O)O. The summed E-state index contributed by atoms with van der Waals surface area (Å²) in [6.07, 6.45) is -6.19. The van der Waals surface area contributed by atoms with E-state index in [1.165, 1.54) is 6.92 Å². The van der Waals surface area contributed by atoms with E-state index in [0.717, 1.165) is 22.3 Å². The molecule has 1 aliphatic rings. The molecule has 0 aromatic heterocycles. The maximum absolute atomic E-state index is 13.3. The first-order valence-electron chi connectivity index (χ1n) is 10.3. The van der Waals surface area contributed by atoms with Crippen LogP contribution >= 0.6 is 0 Å². The molecule has 0 radical (unpaired) electrons. The Balaban J connectivity index is 1.62. The number of aliphatic carboxylic acids is 1. The number of hydrogen-bond donors (Lipinski definition) is 3. The van der Waals surface area contributed by atoms with E-state index >= 15 is 0 Å². The quantitative estimate of drug-likeness (QED) is 0.553. The first-order valence-corrected chi connectivity index (χ1v) is 10.3. The van der Waals surface area contributed by atoms with Gasteiger partial charge >= 0.3 is 18.2 Å². The van der Waals surface area contributed by atoms with Gasteiger partial charge in [0.2, 0.25) is 5.91 Å². The van der Waals surface area contributed by atoms with E-state index in [2.05, 4.69) is 0 Å². The lowest BCUT2D eigenvalue weighted by molar-refractivity contribution is -0.182. The van der Waals surface area contributed by atoms with Crippen LogP contribution in [0.4, 0.5) is 18.0 Å². The van der Waals surface area contributed by atoms with E-state index in [4.69, 9.17) is 9.84 Å². The van der Waals surface area contributed by atoms with Crippen LogP contribution in [0, 0.1) is 5.92 Å². The van der Waals surface area contributed by atoms with Gasteiger partial charge in [-0.15, -0.1) is 0 Å². The third-order valence-corrected chi connectivity index (χ3v) is 5.53. The molecule has 0 saturated carbocycles. The van der Waals surface area contributed by atoms with Crippen molar-refractivity contribution in [1.29, 1.82) is 0 Å². The molecule has 0 heterocycles. The predicted octanol–water partition coefficient (Wildman–Crippen LogP) is 3.68. The number of carboxylic acid groups (broad SMARTS) is 1. The van der Waals surface area contributed by atoms with E-state index in [1.807, 2.05) is 59.2 Å². The fourth-order valence-corrected chi connectivity index (χ4v) is 3.80. The Bertz CT molecular complexity index is 995. The fourth-order valence-electron chi connectivity index (χ4n) is 3.80. The highest BCUT2D eigenvalue weighted by Gasteiger charge is 2.45. The van der Waals surface area contributed by atoms with Gasteiger partial charge < -0.3 is 20.5 Å². The molecule has 1 unspecified atom stereocenters. The van der Waals surface area contributed by atoms with Crippen LogP contribution in [0.3, 0.4) is 0 Å². The number of halogens is 3. The Kier molecular flexibility index (Phi) is 7.25. The van der Waals surface area contributed by atoms with Crippen LogP contribution in [0.5, 0.6) is 0 Å². The summed E-state index contributed by atoms with van der Waals surface area (Å²) in [6.45, 7) is 0.234. The van der Waals surface area contributed by atoms with E-state index in [0.29, 0.717) is 0 Å². The van der Waals surface area contributed by atoms with Crippen LogP contribution in [0.25, 0.3) is 11.1 Å². The summed E-state index contributed by atoms with van der Waals surface area (Å²) in [6, 6.07) is 13.7. The highest BCUT2D eigenvalue weighted by atomic mass is 19.4. The molecular formula is C23H23F3N2O5. The summed E-state index contributed by atoms with van der Waals surface area (Å²) >= 11 is 0. The average molecular weight is 464 g/mol. The monoisotopic (exact) mass is 464 g/mol. The molecule has 0 spiro atoms. The topological polar surface area (TPSA) is 105 Å². The van der Waals surface area contributed by atoms with Gasteiger partial charge in [0.05, 0.1) is 0 Å². The van der Waals surface area contributed by atoms with Crippen molar-refractivity contribution in [2.24, 2.45) is 5.92 Å². The number of amides is 2. The minimum atomic E-state index is -4.99. The van der Waals surface area contributed by atoms with Crippen LogP contribution in [0.15, 0.2) is 48.5 Å². The molecule has 2 aromatic carbocycles. The number of nitrogens with one attached hydrogen (secondary N) is 2. The Morgan fingerprint density at radius 3 is 2.06 bits per heavy atom. The molecule has 0 aliphatic heterocycles. The first-order chi connectivity index (χ1) is 15.6. The molecule has 10 heteroatoms. The number of ether oxygens (including phenoxy) is 1. The lowest BCUT2D eigenvalue weighted by Gasteiger charge is -2.22. The van der Waals surface area contributed by atoms with Gasteiger partial charge in [0, 0.05) is 12.5 Å². The van der Waals surface area contributed by atoms with E-state index in [1.54, 1.807) is 0 Å². The molecule has 0 fully saturated rings. The molecule has 1 aliphatic carbocycles. The zero-order valence-electron chi connectivity index (χ0n) is 17.7. The van der Waals surface area contributed by atoms with Crippen molar-refractivity contribution in [3.05, 3.63) is 59.7 Å². The van der Waals surface area contributed by atoms with E-state index < -0.39 is 42.7 Å². The Hall–Kier alpha value is -3.56. The number of carbonyl (C=O) groups excluding carboxylic acids is 2. The van der Waals surface area contributed by atoms with Crippen LogP contribution in [-0.4, -0.2) is 48.4 Å². The molecule has 3 N–H and O–H groups in total. The van der Waals surface area contributed by atoms with Gasteiger partial charge in [-0.25, -0.2) is 9.59 Å². The second kappa shape index (κ2) is 9.93. The molecule has 2 aromatic rings. The van der Waals surface area contributed by atoms with Crippen LogP contribution in [-0.2, 0) is 14.3 Å². The largest absolute Gasteiger partial charge is 0.480 e. The summed E-state index contributed by atoms with van der Waals surface area (Å²) in [5.74, 6) is -5.87. The summed E-state index contributed by atoms with van der Waals surface area (Å²) in [4.78, 5) is 35.2. The number of benzene rings is 2. The van der Waals surface area contributed by atoms with Gasteiger partial charge in [-0.2, -0.15) is 13.2 Å². The van der Waals surface area contributed by atoms with Crippen LogP contribution in [0.2, 0.25) is 0 Å². The first kappa shape index (κ1) is 24.1. The van der Waals surface area contributed by atoms with Gasteiger partial charge in [0.1, 0.15) is 12.6 Å². The molecular weight excluding hydrogens is 441 g/mol. The van der Waals surface area contributed by atoms with Crippen molar-refractivity contribution in [2.75, 3.05) is 13.2 Å². The second-order valence-electron chi connectivity index (χ2n) is 7.61. The molecule has 2 atom stereocenters. The van der Waals surface area contributed by atoms with Gasteiger partial charge in [0.25, 0.3) is 0 Å². The standard InChI is InChI=1S/C23H23F3N2O5/c1-2-19(21(30)31)28-20(29)18(23(24,25)26)11-27-22(32)33-12-17-15-9-5-3-7-13(15)14-8-4-6-10-16(14)17/h3-10,17-19H,2,11-12H2,1H3,(H,27,32)(H,28,29)(H,30,31)/t18?,19-/m0/s1. The normalized spacial score (nSPS) is 14.5. The lowest BCUT2D eigenvalue weighted by Crippen LogP contribution is -2.50. The maximum Gasteiger partial charge on any atom is 0.407 e. The molecule has 0 saturated heterocycles. The van der Waals surface area contributed by atoms with Gasteiger partial charge in [-0.3, -0.25) is 4.79 Å². The summed E-state index contributed by atoms with van der Waals surface area (Å²) in [7, 11) is 0. The minimum absolute atomic E-state index is 0.0918. The number of rotatable bonds is 8. The van der Waals surface area contributed by atoms with Crippen molar-refractivity contribution in [3.8, 4) is 11.1 Å². The van der Waals surface area contributed by atoms with Crippen molar-refractivity contribution in [2.45, 2.75) is 31.5 Å². The summed E-state index contributed by atoms with van der Waals surface area (Å²) < 4.78 is 45.2. The number of hydrogen-bond acceptors (Lipinski definition) is 4. The molecule has 7 nitrogen and oxygen atoms in total. The highest BCUT2D eigenvalue weighted by Crippen LogP contribution is 2.44. The summed E-state index contributed by atoms with van der Waals surface area (Å²) in [5, 5.41) is 12.8. The molecule has 176 valence electrons. The van der Waals surface area contributed by atoms with E-state index in [-0.39, 0.29) is 18.9 Å². The maximum atomic E-state index is 13.3. The highest BCUT2D eigenvalue weighted by molar-refractivity contribution is 5.86. The average Bonchev–Trinajstić information content (AvgIpc) is 3.08. The Morgan fingerprint density at radius 1 is 1.03 bits per heavy atom. The number of alkyl halides is 3. The Morgan fingerprint density at radius 2 is 1.58 bits per heavy atom. The van der Waals surface area contributed by atoms with Crippen molar-refractivity contribution in [3.63, 3.8) is 0 Å². The van der Waals surface area contributed by atoms with E-state index in [9.17, 15) is 27.6 Å². The van der Waals surface area contributed by atoms with Crippen molar-refractivity contribution >= 4 is 18.0 Å². The molecule has 0 bridgehead atoms. The number of alkyl carbamates (subject to hydrolysis) is 1. The predicted molar refractivity (Wildman–Crippen MR) is 112 cm³/mol. The third kappa shape index (κ3) is 5.44. The van der Waals surface area contributed by atoms with Crippen molar-refractivity contribution in [1.82, 2.24) is 10.6 Å². The fraction of sp³-hybridized carbons (Fsp3) is 0.348. The third-order valence-electron chi connectivity index (χ3n) is 5.53. The van der Waals surface area contributed by atoms with Crippen LogP contribution in [0.1, 0.15) is 30.4 Å². The number of carboxylic acids is 1. The lowest BCUT2D eigenvalue weighted by atomic mass is 9.98. The Labute approximate surface area is 187 Å². The van der Waals surface area contributed by atoms with Gasteiger partial charge in [-0.05, 0) is 28.7 Å².